The minimum absolute atomic E-state index is 0.217. The molecule has 2 nitrogen and oxygen atoms in total. The van der Waals surface area contributed by atoms with Gasteiger partial charge in [0.15, 0.2) is 0 Å². The van der Waals surface area contributed by atoms with Gasteiger partial charge in [0.2, 0.25) is 0 Å². The van der Waals surface area contributed by atoms with Crippen LogP contribution in [0.2, 0.25) is 0 Å². The molecule has 0 aliphatic heterocycles. The van der Waals surface area contributed by atoms with Crippen LogP contribution in [0.4, 0.5) is 10.2 Å². The Morgan fingerprint density at radius 1 is 1.14 bits per heavy atom. The van der Waals surface area contributed by atoms with Crippen LogP contribution < -0.4 is 4.90 Å². The number of pyridine rings is 1. The summed E-state index contributed by atoms with van der Waals surface area (Å²) >= 11 is 5.97. The van der Waals surface area contributed by atoms with Gasteiger partial charge >= 0.3 is 0 Å². The van der Waals surface area contributed by atoms with E-state index in [1.807, 2.05) is 19.2 Å². The van der Waals surface area contributed by atoms with Crippen LogP contribution in [0.25, 0.3) is 0 Å². The highest BCUT2D eigenvalue weighted by Gasteiger charge is 2.10. The molecule has 0 bridgehead atoms. The first-order chi connectivity index (χ1) is 9.99. The highest BCUT2D eigenvalue weighted by molar-refractivity contribution is 6.17. The number of aromatic nitrogens is 1. The first-order valence-electron chi connectivity index (χ1n) is 7.02. The zero-order valence-electron chi connectivity index (χ0n) is 12.6. The van der Waals surface area contributed by atoms with Crippen LogP contribution in [0, 0.1) is 5.82 Å². The summed E-state index contributed by atoms with van der Waals surface area (Å²) in [6.45, 7) is 4.91. The third-order valence-electron chi connectivity index (χ3n) is 3.36. The zero-order chi connectivity index (χ0) is 15.4. The second-order valence-corrected chi connectivity index (χ2v) is 5.80. The maximum absolute atomic E-state index is 12.9. The van der Waals surface area contributed by atoms with E-state index in [0.717, 1.165) is 22.6 Å². The zero-order valence-corrected chi connectivity index (χ0v) is 13.4. The molecule has 0 saturated heterocycles. The second kappa shape index (κ2) is 6.90. The predicted molar refractivity (Wildman–Crippen MR) is 86.4 cm³/mol. The van der Waals surface area contributed by atoms with E-state index in [2.05, 4.69) is 23.7 Å². The molecule has 1 aromatic heterocycles. The first-order valence-corrected chi connectivity index (χ1v) is 7.55. The minimum Gasteiger partial charge on any atom is -0.355 e. The lowest BCUT2D eigenvalue weighted by Crippen LogP contribution is -2.18. The van der Waals surface area contributed by atoms with Crippen LogP contribution in [0.5, 0.6) is 0 Å². The molecule has 0 spiro atoms. The molecule has 0 saturated carbocycles. The van der Waals surface area contributed by atoms with Gasteiger partial charge < -0.3 is 4.90 Å². The Morgan fingerprint density at radius 3 is 2.38 bits per heavy atom. The molecule has 0 aliphatic rings. The van der Waals surface area contributed by atoms with Crippen molar-refractivity contribution < 1.29 is 4.39 Å². The number of halogens is 2. The Labute approximate surface area is 130 Å². The van der Waals surface area contributed by atoms with E-state index in [-0.39, 0.29) is 5.82 Å². The number of alkyl halides is 1. The lowest BCUT2D eigenvalue weighted by atomic mass is 10.1. The molecule has 0 amide bonds. The van der Waals surface area contributed by atoms with Crippen molar-refractivity contribution >= 4 is 17.4 Å². The number of hydrogen-bond donors (Lipinski definition) is 0. The van der Waals surface area contributed by atoms with Gasteiger partial charge in [-0.05, 0) is 41.3 Å². The van der Waals surface area contributed by atoms with Gasteiger partial charge in [-0.15, -0.1) is 11.6 Å². The van der Waals surface area contributed by atoms with Crippen molar-refractivity contribution in [2.24, 2.45) is 0 Å². The lowest BCUT2D eigenvalue weighted by molar-refractivity contribution is 0.627. The summed E-state index contributed by atoms with van der Waals surface area (Å²) in [7, 11) is 1.98. The topological polar surface area (TPSA) is 16.1 Å². The van der Waals surface area contributed by atoms with Crippen molar-refractivity contribution in [3.8, 4) is 0 Å². The fraction of sp³-hybridized carbons (Fsp3) is 0.353. The van der Waals surface area contributed by atoms with E-state index >= 15 is 0 Å². The van der Waals surface area contributed by atoms with Crippen molar-refractivity contribution in [2.45, 2.75) is 32.2 Å². The Morgan fingerprint density at radius 2 is 1.81 bits per heavy atom. The number of nitrogens with zero attached hydrogens (tertiary/aromatic N) is 2. The van der Waals surface area contributed by atoms with E-state index in [9.17, 15) is 4.39 Å². The quantitative estimate of drug-likeness (QED) is 0.743. The molecule has 2 rings (SSSR count). The minimum atomic E-state index is -0.217. The monoisotopic (exact) mass is 306 g/mol. The van der Waals surface area contributed by atoms with Gasteiger partial charge in [0.25, 0.3) is 0 Å². The predicted octanol–water partition coefficient (Wildman–Crippen LogP) is 4.72. The van der Waals surface area contributed by atoms with Gasteiger partial charge in [0, 0.05) is 25.2 Å². The SMILES string of the molecule is CC(C)c1cc(CCl)cc(N(C)Cc2ccc(F)cc2)n1. The highest BCUT2D eigenvalue weighted by Crippen LogP contribution is 2.22. The third-order valence-corrected chi connectivity index (χ3v) is 3.67. The van der Waals surface area contributed by atoms with Crippen LogP contribution in [-0.2, 0) is 12.4 Å². The fourth-order valence-electron chi connectivity index (χ4n) is 2.11. The summed E-state index contributed by atoms with van der Waals surface area (Å²) in [6.07, 6.45) is 0. The van der Waals surface area contributed by atoms with Crippen molar-refractivity contribution in [3.63, 3.8) is 0 Å². The first kappa shape index (κ1) is 15.8. The van der Waals surface area contributed by atoms with Gasteiger partial charge in [-0.3, -0.25) is 0 Å². The molecule has 2 aromatic rings. The van der Waals surface area contributed by atoms with Crippen LogP contribution in [0.3, 0.4) is 0 Å². The van der Waals surface area contributed by atoms with E-state index in [0.29, 0.717) is 18.3 Å². The standard InChI is InChI=1S/C17H20ClFN2/c1-12(2)16-8-14(10-18)9-17(20-16)21(3)11-13-4-6-15(19)7-5-13/h4-9,12H,10-11H2,1-3H3. The van der Waals surface area contributed by atoms with Gasteiger partial charge in [0.05, 0.1) is 0 Å². The van der Waals surface area contributed by atoms with Crippen molar-refractivity contribution in [2.75, 3.05) is 11.9 Å². The molecular weight excluding hydrogens is 287 g/mol. The highest BCUT2D eigenvalue weighted by atomic mass is 35.5. The average Bonchev–Trinajstić information content (AvgIpc) is 2.49. The van der Waals surface area contributed by atoms with E-state index in [1.165, 1.54) is 12.1 Å². The number of rotatable bonds is 5. The van der Waals surface area contributed by atoms with E-state index in [4.69, 9.17) is 11.6 Å². The van der Waals surface area contributed by atoms with Crippen LogP contribution in [0.1, 0.15) is 36.6 Å². The molecule has 0 radical (unpaired) electrons. The average molecular weight is 307 g/mol. The van der Waals surface area contributed by atoms with Gasteiger partial charge in [-0.2, -0.15) is 0 Å². The van der Waals surface area contributed by atoms with Crippen molar-refractivity contribution in [3.05, 3.63) is 59.0 Å². The number of anilines is 1. The Kier molecular flexibility index (Phi) is 5.18. The normalized spacial score (nSPS) is 11.0. The van der Waals surface area contributed by atoms with E-state index < -0.39 is 0 Å². The smallest absolute Gasteiger partial charge is 0.129 e. The molecule has 112 valence electrons. The third kappa shape index (κ3) is 4.18. The van der Waals surface area contributed by atoms with E-state index in [1.54, 1.807) is 12.1 Å². The summed E-state index contributed by atoms with van der Waals surface area (Å²) in [5.41, 5.74) is 3.15. The van der Waals surface area contributed by atoms with Crippen molar-refractivity contribution in [1.82, 2.24) is 4.98 Å². The van der Waals surface area contributed by atoms with Crippen LogP contribution in [0.15, 0.2) is 36.4 Å². The fourth-order valence-corrected chi connectivity index (χ4v) is 2.26. The van der Waals surface area contributed by atoms with Gasteiger partial charge in [0.1, 0.15) is 11.6 Å². The molecule has 0 atom stereocenters. The van der Waals surface area contributed by atoms with Gasteiger partial charge in [-0.1, -0.05) is 26.0 Å². The van der Waals surface area contributed by atoms with Crippen LogP contribution >= 0.6 is 11.6 Å². The molecule has 0 aliphatic carbocycles. The largest absolute Gasteiger partial charge is 0.355 e. The summed E-state index contributed by atoms with van der Waals surface area (Å²) in [4.78, 5) is 6.74. The number of hydrogen-bond acceptors (Lipinski definition) is 2. The second-order valence-electron chi connectivity index (χ2n) is 5.53. The molecule has 0 N–H and O–H groups in total. The maximum Gasteiger partial charge on any atom is 0.129 e. The molecule has 0 fully saturated rings. The van der Waals surface area contributed by atoms with Crippen LogP contribution in [-0.4, -0.2) is 12.0 Å². The van der Waals surface area contributed by atoms with Crippen molar-refractivity contribution in [1.29, 1.82) is 0 Å². The Balaban J connectivity index is 2.23. The number of benzene rings is 1. The molecule has 1 aromatic carbocycles. The molecule has 1 heterocycles. The van der Waals surface area contributed by atoms with Gasteiger partial charge in [-0.25, -0.2) is 9.37 Å². The molecule has 21 heavy (non-hydrogen) atoms. The lowest BCUT2D eigenvalue weighted by Gasteiger charge is -2.20. The maximum atomic E-state index is 12.9. The summed E-state index contributed by atoms with van der Waals surface area (Å²) in [5, 5.41) is 0. The summed E-state index contributed by atoms with van der Waals surface area (Å²) in [6, 6.07) is 10.6. The molecular formula is C17H20ClFN2. The molecule has 4 heteroatoms. The Hall–Kier alpha value is -1.61. The summed E-state index contributed by atoms with van der Waals surface area (Å²) in [5.74, 6) is 1.50. The summed E-state index contributed by atoms with van der Waals surface area (Å²) < 4.78 is 12.9. The Bertz CT molecular complexity index is 596. The molecule has 0 unspecified atom stereocenters.